The summed E-state index contributed by atoms with van der Waals surface area (Å²) in [5, 5.41) is 3.81. The number of carbonyl (C=O) groups is 2. The normalized spacial score (nSPS) is 13.2. The average molecular weight is 391 g/mol. The highest BCUT2D eigenvalue weighted by atomic mass is 16.5. The van der Waals surface area contributed by atoms with Crippen molar-refractivity contribution in [2.45, 2.75) is 6.42 Å². The molecule has 0 bridgehead atoms. The highest BCUT2D eigenvalue weighted by molar-refractivity contribution is 6.03. The van der Waals surface area contributed by atoms with Gasteiger partial charge in [-0.1, -0.05) is 6.07 Å². The topological polar surface area (TPSA) is 83.7 Å². The van der Waals surface area contributed by atoms with E-state index >= 15 is 0 Å². The Morgan fingerprint density at radius 2 is 1.97 bits per heavy atom. The first kappa shape index (κ1) is 18.6. The second kappa shape index (κ2) is 7.71. The van der Waals surface area contributed by atoms with E-state index in [1.165, 1.54) is 4.90 Å². The van der Waals surface area contributed by atoms with E-state index in [4.69, 9.17) is 9.47 Å². The number of nitrogens with one attached hydrogen (secondary N) is 2. The van der Waals surface area contributed by atoms with E-state index in [1.807, 2.05) is 42.6 Å². The van der Waals surface area contributed by atoms with Crippen LogP contribution in [0.4, 0.5) is 5.69 Å². The number of aromatic nitrogens is 1. The van der Waals surface area contributed by atoms with Crippen LogP contribution in [-0.4, -0.2) is 42.5 Å². The van der Waals surface area contributed by atoms with Gasteiger partial charge in [0.25, 0.3) is 0 Å². The minimum Gasteiger partial charge on any atom is -0.493 e. The molecule has 2 amide bonds. The van der Waals surface area contributed by atoms with E-state index < -0.39 is 0 Å². The fraction of sp³-hybridized carbons (Fsp3) is 0.182. The number of benzene rings is 2. The molecule has 29 heavy (non-hydrogen) atoms. The van der Waals surface area contributed by atoms with Gasteiger partial charge >= 0.3 is 0 Å². The molecule has 0 saturated carbocycles. The van der Waals surface area contributed by atoms with Crippen LogP contribution in [-0.2, 0) is 16.0 Å². The van der Waals surface area contributed by atoms with E-state index in [1.54, 1.807) is 26.5 Å². The number of fused-ring (bicyclic) bond motifs is 2. The van der Waals surface area contributed by atoms with Crippen LogP contribution in [0, 0.1) is 0 Å². The van der Waals surface area contributed by atoms with Gasteiger partial charge in [-0.3, -0.25) is 9.59 Å². The molecule has 0 unspecified atom stereocenters. The quantitative estimate of drug-likeness (QED) is 0.700. The van der Waals surface area contributed by atoms with Gasteiger partial charge in [0.15, 0.2) is 11.5 Å². The lowest BCUT2D eigenvalue weighted by Gasteiger charge is -2.17. The molecule has 2 aromatic carbocycles. The molecule has 2 N–H and O–H groups in total. The van der Waals surface area contributed by atoms with Crippen LogP contribution in [0.25, 0.3) is 17.0 Å². The molecular formula is C22H21N3O4. The predicted octanol–water partition coefficient (Wildman–Crippen LogP) is 3.18. The highest BCUT2D eigenvalue weighted by Gasteiger charge is 2.21. The Bertz CT molecular complexity index is 1120. The summed E-state index contributed by atoms with van der Waals surface area (Å²) in [5.74, 6) is 0.729. The van der Waals surface area contributed by atoms with Gasteiger partial charge in [0.1, 0.15) is 6.54 Å². The van der Waals surface area contributed by atoms with Crippen molar-refractivity contribution < 1.29 is 19.1 Å². The third-order valence-electron chi connectivity index (χ3n) is 4.92. The summed E-state index contributed by atoms with van der Waals surface area (Å²) in [6.07, 6.45) is 5.43. The monoisotopic (exact) mass is 391 g/mol. The van der Waals surface area contributed by atoms with E-state index in [9.17, 15) is 9.59 Å². The molecule has 0 aliphatic carbocycles. The lowest BCUT2D eigenvalue weighted by Crippen LogP contribution is -2.34. The number of methoxy groups -OCH3 is 2. The molecule has 1 aromatic heterocycles. The number of ether oxygens (including phenoxy) is 2. The summed E-state index contributed by atoms with van der Waals surface area (Å²) in [7, 11) is 3.12. The average Bonchev–Trinajstić information content (AvgIpc) is 3.15. The van der Waals surface area contributed by atoms with Crippen LogP contribution in [0.1, 0.15) is 11.1 Å². The molecule has 3 aromatic rings. The van der Waals surface area contributed by atoms with E-state index in [0.29, 0.717) is 17.2 Å². The Kier molecular flexibility index (Phi) is 4.95. The summed E-state index contributed by atoms with van der Waals surface area (Å²) in [4.78, 5) is 29.8. The zero-order valence-electron chi connectivity index (χ0n) is 16.2. The maximum Gasteiger partial charge on any atom is 0.244 e. The van der Waals surface area contributed by atoms with Crippen LogP contribution < -0.4 is 14.8 Å². The zero-order valence-corrected chi connectivity index (χ0v) is 16.2. The Morgan fingerprint density at radius 1 is 1.17 bits per heavy atom. The number of carbonyl (C=O) groups excluding carboxylic acids is 2. The number of anilines is 1. The maximum absolute atomic E-state index is 12.7. The number of aromatic amines is 1. The van der Waals surface area contributed by atoms with Gasteiger partial charge in [0, 0.05) is 23.3 Å². The SMILES string of the molecule is COc1cc2c(cc1OC)CC(=O)N(CC(=O)Nc1cccc3[nH]ccc13)C=C2. The van der Waals surface area contributed by atoms with Gasteiger partial charge in [-0.2, -0.15) is 0 Å². The van der Waals surface area contributed by atoms with Gasteiger partial charge < -0.3 is 24.7 Å². The number of rotatable bonds is 5. The Labute approximate surface area is 167 Å². The van der Waals surface area contributed by atoms with Gasteiger partial charge in [0.2, 0.25) is 11.8 Å². The van der Waals surface area contributed by atoms with Crippen LogP contribution in [0.15, 0.2) is 48.8 Å². The molecule has 4 rings (SSSR count). The number of nitrogens with zero attached hydrogens (tertiary/aromatic N) is 1. The summed E-state index contributed by atoms with van der Waals surface area (Å²) in [6, 6.07) is 11.2. The van der Waals surface area contributed by atoms with E-state index in [2.05, 4.69) is 10.3 Å². The lowest BCUT2D eigenvalue weighted by atomic mass is 10.0. The number of hydrogen-bond acceptors (Lipinski definition) is 4. The second-order valence-electron chi connectivity index (χ2n) is 6.71. The van der Waals surface area contributed by atoms with Crippen molar-refractivity contribution in [2.75, 3.05) is 26.1 Å². The summed E-state index contributed by atoms with van der Waals surface area (Å²) >= 11 is 0. The molecule has 0 spiro atoms. The number of amides is 2. The van der Waals surface area contributed by atoms with Crippen LogP contribution in [0.2, 0.25) is 0 Å². The standard InChI is InChI=1S/C22H21N3O4/c1-28-19-10-14-7-9-25(22(27)12-15(14)11-20(19)29-2)13-21(26)24-18-5-3-4-17-16(18)6-8-23-17/h3-11,23H,12-13H2,1-2H3,(H,24,26). The van der Waals surface area contributed by atoms with Crippen molar-refractivity contribution in [1.82, 2.24) is 9.88 Å². The van der Waals surface area contributed by atoms with Gasteiger partial charge in [-0.25, -0.2) is 0 Å². The molecule has 2 heterocycles. The smallest absolute Gasteiger partial charge is 0.244 e. The highest BCUT2D eigenvalue weighted by Crippen LogP contribution is 2.32. The minimum atomic E-state index is -0.266. The van der Waals surface area contributed by atoms with Crippen molar-refractivity contribution in [3.8, 4) is 11.5 Å². The van der Waals surface area contributed by atoms with Crippen molar-refractivity contribution in [3.05, 3.63) is 59.9 Å². The van der Waals surface area contributed by atoms with Crippen LogP contribution in [0.5, 0.6) is 11.5 Å². The molecule has 1 aliphatic rings. The van der Waals surface area contributed by atoms with Crippen molar-refractivity contribution in [3.63, 3.8) is 0 Å². The first-order chi connectivity index (χ1) is 14.1. The van der Waals surface area contributed by atoms with Crippen molar-refractivity contribution in [2.24, 2.45) is 0 Å². The van der Waals surface area contributed by atoms with Crippen molar-refractivity contribution in [1.29, 1.82) is 0 Å². The Hall–Kier alpha value is -3.74. The van der Waals surface area contributed by atoms with E-state index in [0.717, 1.165) is 22.0 Å². The molecule has 0 radical (unpaired) electrons. The molecule has 1 aliphatic heterocycles. The van der Waals surface area contributed by atoms with E-state index in [-0.39, 0.29) is 24.8 Å². The Morgan fingerprint density at radius 3 is 2.76 bits per heavy atom. The zero-order chi connectivity index (χ0) is 20.4. The van der Waals surface area contributed by atoms with Crippen molar-refractivity contribution >= 4 is 34.5 Å². The third-order valence-corrected chi connectivity index (χ3v) is 4.92. The van der Waals surface area contributed by atoms with Crippen LogP contribution >= 0.6 is 0 Å². The minimum absolute atomic E-state index is 0.0710. The van der Waals surface area contributed by atoms with Crippen LogP contribution in [0.3, 0.4) is 0 Å². The Balaban J connectivity index is 1.51. The largest absolute Gasteiger partial charge is 0.493 e. The first-order valence-electron chi connectivity index (χ1n) is 9.17. The first-order valence-corrected chi connectivity index (χ1v) is 9.17. The van der Waals surface area contributed by atoms with Gasteiger partial charge in [0.05, 0.1) is 26.3 Å². The third kappa shape index (κ3) is 3.67. The second-order valence-corrected chi connectivity index (χ2v) is 6.71. The molecule has 0 saturated heterocycles. The molecular weight excluding hydrogens is 370 g/mol. The predicted molar refractivity (Wildman–Crippen MR) is 111 cm³/mol. The molecule has 7 heteroatoms. The molecule has 7 nitrogen and oxygen atoms in total. The van der Waals surface area contributed by atoms with Gasteiger partial charge in [-0.15, -0.1) is 0 Å². The van der Waals surface area contributed by atoms with Gasteiger partial charge in [-0.05, 0) is 47.5 Å². The summed E-state index contributed by atoms with van der Waals surface area (Å²) in [6.45, 7) is -0.0710. The summed E-state index contributed by atoms with van der Waals surface area (Å²) < 4.78 is 10.7. The maximum atomic E-state index is 12.7. The fourth-order valence-electron chi connectivity index (χ4n) is 3.44. The molecule has 0 fully saturated rings. The molecule has 0 atom stereocenters. The summed E-state index contributed by atoms with van der Waals surface area (Å²) in [5.41, 5.74) is 3.32. The lowest BCUT2D eigenvalue weighted by molar-refractivity contribution is -0.131. The fourth-order valence-corrected chi connectivity index (χ4v) is 3.44. The number of H-pyrrole nitrogens is 1. The molecule has 148 valence electrons. The number of hydrogen-bond donors (Lipinski definition) is 2.